The Morgan fingerprint density at radius 1 is 0.773 bits per heavy atom. The van der Waals surface area contributed by atoms with Gasteiger partial charge in [0.25, 0.3) is 0 Å². The van der Waals surface area contributed by atoms with Crippen LogP contribution in [0.5, 0.6) is 0 Å². The quantitative estimate of drug-likeness (QED) is 0.214. The van der Waals surface area contributed by atoms with Crippen molar-refractivity contribution in [3.8, 4) is 0 Å². The van der Waals surface area contributed by atoms with Gasteiger partial charge in [-0.1, -0.05) is 60.7 Å². The second kappa shape index (κ2) is 16.1. The molecule has 12 nitrogen and oxygen atoms in total. The average molecular weight is 630 g/mol. The maximum atomic E-state index is 12.2. The van der Waals surface area contributed by atoms with E-state index in [4.69, 9.17) is 35.9 Å². The fourth-order valence-electron chi connectivity index (χ4n) is 5.10. The maximum absolute atomic E-state index is 12.2. The van der Waals surface area contributed by atoms with Gasteiger partial charge in [-0.3, -0.25) is 19.2 Å². The van der Waals surface area contributed by atoms with Crippen LogP contribution < -0.4 is 10.6 Å². The molecule has 1 saturated heterocycles. The van der Waals surface area contributed by atoms with E-state index in [1.165, 1.54) is 13.8 Å². The van der Waals surface area contributed by atoms with Gasteiger partial charge in [-0.2, -0.15) is 0 Å². The van der Waals surface area contributed by atoms with Crippen molar-refractivity contribution in [1.82, 2.24) is 15.5 Å². The van der Waals surface area contributed by atoms with E-state index < -0.39 is 54.5 Å². The van der Waals surface area contributed by atoms with Crippen LogP contribution in [0.15, 0.2) is 60.7 Å². The first kappa shape index (κ1) is 34.4. The lowest BCUT2D eigenvalue weighted by Gasteiger charge is -2.45. The molecule has 1 aliphatic heterocycles. The Morgan fingerprint density at radius 3 is 1.77 bits per heavy atom. The molecule has 0 bridgehead atoms. The lowest BCUT2D eigenvalue weighted by atomic mass is 9.92. The average Bonchev–Trinajstić information content (AvgIpc) is 2.95. The molecule has 13 heteroatoms. The Hall–Kier alpha value is -4.07. The fourth-order valence-corrected chi connectivity index (χ4v) is 5.34. The summed E-state index contributed by atoms with van der Waals surface area (Å²) in [4.78, 5) is 50.1. The van der Waals surface area contributed by atoms with Crippen molar-refractivity contribution in [2.24, 2.45) is 0 Å². The van der Waals surface area contributed by atoms with Crippen LogP contribution in [0.3, 0.4) is 0 Å². The number of rotatable bonds is 11. The highest BCUT2D eigenvalue weighted by molar-refractivity contribution is 7.80. The van der Waals surface area contributed by atoms with Crippen molar-refractivity contribution in [3.05, 3.63) is 71.8 Å². The molecule has 0 amide bonds. The first-order chi connectivity index (χ1) is 20.9. The number of esters is 4. The number of nitrogens with one attached hydrogen (secondary N) is 2. The largest absolute Gasteiger partial charge is 0.463 e. The molecule has 1 heterocycles. The summed E-state index contributed by atoms with van der Waals surface area (Å²) in [5.41, 5.74) is 1.98. The fraction of sp³-hybridized carbons (Fsp3) is 0.452. The first-order valence-electron chi connectivity index (χ1n) is 14.0. The number of nitrogens with zero attached hydrogens (tertiary/aromatic N) is 1. The van der Waals surface area contributed by atoms with Gasteiger partial charge >= 0.3 is 23.9 Å². The smallest absolute Gasteiger partial charge is 0.303 e. The van der Waals surface area contributed by atoms with Gasteiger partial charge in [0.15, 0.2) is 29.7 Å². The molecule has 1 fully saturated rings. The van der Waals surface area contributed by atoms with E-state index in [1.54, 1.807) is 0 Å². The SMILES string of the molecule is CC(=O)OCC1O[C@@H](NC(=S)N[C@@H](c2ccccc2)[C@H](c2ccccc2)N(C)C)C(OC(C)=O)C(OC(C)=O)[C@@H]1OC(C)=O. The van der Waals surface area contributed by atoms with Crippen LogP contribution in [0.4, 0.5) is 0 Å². The van der Waals surface area contributed by atoms with Crippen LogP contribution >= 0.6 is 12.2 Å². The summed E-state index contributed by atoms with van der Waals surface area (Å²) >= 11 is 5.76. The molecule has 0 aliphatic carbocycles. The topological polar surface area (TPSA) is 142 Å². The molecule has 1 aliphatic rings. The minimum absolute atomic E-state index is 0.127. The van der Waals surface area contributed by atoms with Crippen molar-refractivity contribution in [3.63, 3.8) is 0 Å². The number of hydrogen-bond acceptors (Lipinski definition) is 11. The third-order valence-electron chi connectivity index (χ3n) is 6.72. The van der Waals surface area contributed by atoms with Gasteiger partial charge in [0.2, 0.25) is 0 Å². The monoisotopic (exact) mass is 629 g/mol. The highest BCUT2D eigenvalue weighted by atomic mass is 32.1. The van der Waals surface area contributed by atoms with Gasteiger partial charge in [-0.25, -0.2) is 0 Å². The molecule has 0 aromatic heterocycles. The van der Waals surface area contributed by atoms with Gasteiger partial charge in [0, 0.05) is 27.7 Å². The number of thiocarbonyl (C=S) groups is 1. The molecule has 44 heavy (non-hydrogen) atoms. The summed E-state index contributed by atoms with van der Waals surface area (Å²) in [6.07, 6.45) is -6.21. The first-order valence-corrected chi connectivity index (χ1v) is 14.4. The van der Waals surface area contributed by atoms with E-state index in [1.807, 2.05) is 74.8 Å². The molecule has 2 aromatic carbocycles. The zero-order chi connectivity index (χ0) is 32.4. The third kappa shape index (κ3) is 9.73. The van der Waals surface area contributed by atoms with E-state index in [-0.39, 0.29) is 23.8 Å². The van der Waals surface area contributed by atoms with E-state index in [0.717, 1.165) is 25.0 Å². The van der Waals surface area contributed by atoms with Crippen LogP contribution in [-0.4, -0.2) is 85.2 Å². The molecule has 0 saturated carbocycles. The Kier molecular flexibility index (Phi) is 12.6. The van der Waals surface area contributed by atoms with E-state index in [0.29, 0.717) is 0 Å². The van der Waals surface area contributed by atoms with Gasteiger partial charge in [0.05, 0.1) is 12.1 Å². The molecule has 7 atom stereocenters. The van der Waals surface area contributed by atoms with Gasteiger partial charge in [-0.05, 0) is 37.4 Å². The minimum Gasteiger partial charge on any atom is -0.463 e. The second-order valence-corrected chi connectivity index (χ2v) is 10.9. The van der Waals surface area contributed by atoms with Gasteiger partial charge in [-0.15, -0.1) is 0 Å². The number of hydrogen-bond donors (Lipinski definition) is 2. The summed E-state index contributed by atoms with van der Waals surface area (Å²) in [5.74, 6) is -2.75. The van der Waals surface area contributed by atoms with E-state index >= 15 is 0 Å². The number of ether oxygens (including phenoxy) is 5. The minimum atomic E-state index is -1.32. The summed E-state index contributed by atoms with van der Waals surface area (Å²) in [6.45, 7) is 4.36. The van der Waals surface area contributed by atoms with Crippen LogP contribution in [0.2, 0.25) is 0 Å². The predicted octanol–water partition coefficient (Wildman–Crippen LogP) is 2.58. The van der Waals surface area contributed by atoms with Crippen LogP contribution in [0.25, 0.3) is 0 Å². The summed E-state index contributed by atoms with van der Waals surface area (Å²) in [5, 5.41) is 6.55. The molecule has 0 radical (unpaired) electrons. The molecular weight excluding hydrogens is 590 g/mol. The lowest BCUT2D eigenvalue weighted by Crippen LogP contribution is -2.67. The number of carbonyl (C=O) groups excluding carboxylic acids is 4. The Morgan fingerprint density at radius 2 is 1.27 bits per heavy atom. The highest BCUT2D eigenvalue weighted by Crippen LogP contribution is 2.33. The van der Waals surface area contributed by atoms with Crippen molar-refractivity contribution in [1.29, 1.82) is 0 Å². The van der Waals surface area contributed by atoms with Gasteiger partial charge < -0.3 is 39.2 Å². The van der Waals surface area contributed by atoms with Crippen molar-refractivity contribution in [2.45, 2.75) is 70.4 Å². The van der Waals surface area contributed by atoms with Crippen LogP contribution in [0, 0.1) is 0 Å². The van der Waals surface area contributed by atoms with E-state index in [2.05, 4.69) is 15.5 Å². The molecule has 2 N–H and O–H groups in total. The second-order valence-electron chi connectivity index (χ2n) is 10.4. The molecular formula is C31H39N3O9S. The van der Waals surface area contributed by atoms with Crippen LogP contribution in [-0.2, 0) is 42.9 Å². The molecule has 3 unspecified atom stereocenters. The normalized spacial score (nSPS) is 22.6. The molecule has 2 aromatic rings. The lowest BCUT2D eigenvalue weighted by molar-refractivity contribution is -0.255. The zero-order valence-corrected chi connectivity index (χ0v) is 26.4. The summed E-state index contributed by atoms with van der Waals surface area (Å²) in [7, 11) is 3.93. The van der Waals surface area contributed by atoms with Crippen LogP contribution in [0.1, 0.15) is 50.9 Å². The van der Waals surface area contributed by atoms with E-state index in [9.17, 15) is 19.2 Å². The maximum Gasteiger partial charge on any atom is 0.303 e. The number of carbonyl (C=O) groups is 4. The van der Waals surface area contributed by atoms with Crippen molar-refractivity contribution >= 4 is 41.2 Å². The Balaban J connectivity index is 1.98. The summed E-state index contributed by atoms with van der Waals surface area (Å²) in [6, 6.07) is 19.1. The third-order valence-corrected chi connectivity index (χ3v) is 6.96. The summed E-state index contributed by atoms with van der Waals surface area (Å²) < 4.78 is 27.8. The van der Waals surface area contributed by atoms with Crippen molar-refractivity contribution in [2.75, 3.05) is 20.7 Å². The van der Waals surface area contributed by atoms with Gasteiger partial charge in [0.1, 0.15) is 12.7 Å². The van der Waals surface area contributed by atoms with Crippen molar-refractivity contribution < 1.29 is 42.9 Å². The zero-order valence-electron chi connectivity index (χ0n) is 25.6. The Bertz CT molecular complexity index is 1290. The molecule has 3 rings (SSSR count). The standard InChI is InChI=1S/C31H39N3O9S/c1-18(35)39-17-24-27(40-19(2)36)28(41-20(3)37)29(42-21(4)38)30(43-24)33-31(44)32-25(22-13-9-7-10-14-22)26(34(5)6)23-15-11-8-12-16-23/h7-16,24-30H,17H2,1-6H3,(H2,32,33,44)/t24?,25-,26-,27+,28?,29?,30+/m0/s1. The number of benzene rings is 2. The molecule has 0 spiro atoms. The Labute approximate surface area is 262 Å². The predicted molar refractivity (Wildman–Crippen MR) is 163 cm³/mol. The molecule has 238 valence electrons. The highest BCUT2D eigenvalue weighted by Gasteiger charge is 2.52. The number of likely N-dealkylation sites (N-methyl/N-ethyl adjacent to an activating group) is 1.